The number of anilines is 2. The molecule has 1 fully saturated rings. The lowest BCUT2D eigenvalue weighted by molar-refractivity contribution is 0.0950. The summed E-state index contributed by atoms with van der Waals surface area (Å²) in [6.07, 6.45) is 5.14. The lowest BCUT2D eigenvalue weighted by atomic mass is 10.2. The van der Waals surface area contributed by atoms with E-state index in [-0.39, 0.29) is 5.91 Å². The van der Waals surface area contributed by atoms with Crippen LogP contribution < -0.4 is 15.4 Å². The molecule has 1 aliphatic carbocycles. The van der Waals surface area contributed by atoms with Gasteiger partial charge in [0.2, 0.25) is 5.95 Å². The highest BCUT2D eigenvalue weighted by molar-refractivity contribution is 6.30. The van der Waals surface area contributed by atoms with E-state index in [2.05, 4.69) is 20.6 Å². The quantitative estimate of drug-likeness (QED) is 0.623. The molecule has 6 nitrogen and oxygen atoms in total. The summed E-state index contributed by atoms with van der Waals surface area (Å²) in [6, 6.07) is 15.4. The van der Waals surface area contributed by atoms with Gasteiger partial charge in [0, 0.05) is 29.1 Å². The van der Waals surface area contributed by atoms with Gasteiger partial charge < -0.3 is 15.4 Å². The zero-order chi connectivity index (χ0) is 19.3. The molecule has 0 radical (unpaired) electrons. The van der Waals surface area contributed by atoms with Crippen LogP contribution in [0.15, 0.2) is 60.9 Å². The fourth-order valence-corrected chi connectivity index (χ4v) is 2.64. The largest absolute Gasteiger partial charge is 0.489 e. The van der Waals surface area contributed by atoms with E-state index in [0.29, 0.717) is 29.2 Å². The highest BCUT2D eigenvalue weighted by atomic mass is 35.5. The highest BCUT2D eigenvalue weighted by Crippen LogP contribution is 2.21. The third kappa shape index (κ3) is 4.98. The monoisotopic (exact) mass is 394 g/mol. The number of halogens is 1. The molecule has 0 bridgehead atoms. The van der Waals surface area contributed by atoms with E-state index < -0.39 is 0 Å². The summed E-state index contributed by atoms with van der Waals surface area (Å²) in [6.45, 7) is 0.470. The summed E-state index contributed by atoms with van der Waals surface area (Å²) in [5.74, 6) is 1.06. The predicted octanol–water partition coefficient (Wildman–Crippen LogP) is 4.34. The first-order valence-corrected chi connectivity index (χ1v) is 9.41. The minimum Gasteiger partial charge on any atom is -0.489 e. The maximum Gasteiger partial charge on any atom is 0.254 e. The predicted molar refractivity (Wildman–Crippen MR) is 108 cm³/mol. The van der Waals surface area contributed by atoms with Gasteiger partial charge in [-0.2, -0.15) is 0 Å². The van der Waals surface area contributed by atoms with Crippen molar-refractivity contribution in [3.63, 3.8) is 0 Å². The zero-order valence-electron chi connectivity index (χ0n) is 15.1. The Bertz CT molecular complexity index is 940. The van der Waals surface area contributed by atoms with Crippen molar-refractivity contribution in [3.05, 3.63) is 77.1 Å². The van der Waals surface area contributed by atoms with Crippen molar-refractivity contribution in [2.45, 2.75) is 25.5 Å². The Labute approximate surface area is 167 Å². The smallest absolute Gasteiger partial charge is 0.254 e. The van der Waals surface area contributed by atoms with E-state index in [0.717, 1.165) is 29.8 Å². The van der Waals surface area contributed by atoms with Crippen molar-refractivity contribution in [1.29, 1.82) is 0 Å². The number of hydrogen-bond acceptors (Lipinski definition) is 5. The number of nitrogens with zero attached hydrogens (tertiary/aromatic N) is 2. The molecule has 0 atom stereocenters. The molecular formula is C21H19ClN4O2. The summed E-state index contributed by atoms with van der Waals surface area (Å²) >= 11 is 5.88. The molecule has 28 heavy (non-hydrogen) atoms. The van der Waals surface area contributed by atoms with Crippen LogP contribution in [0.5, 0.6) is 5.75 Å². The fraction of sp³-hybridized carbons (Fsp3) is 0.190. The third-order valence-corrected chi connectivity index (χ3v) is 4.51. The van der Waals surface area contributed by atoms with Crippen molar-refractivity contribution in [2.75, 3.05) is 5.32 Å². The molecule has 2 aromatic carbocycles. The average molecular weight is 395 g/mol. The van der Waals surface area contributed by atoms with Gasteiger partial charge in [-0.3, -0.25) is 4.79 Å². The van der Waals surface area contributed by atoms with Gasteiger partial charge in [-0.15, -0.1) is 0 Å². The first kappa shape index (κ1) is 18.3. The number of carbonyl (C=O) groups is 1. The van der Waals surface area contributed by atoms with Crippen LogP contribution in [-0.4, -0.2) is 21.9 Å². The molecule has 0 aliphatic heterocycles. The van der Waals surface area contributed by atoms with E-state index in [9.17, 15) is 4.79 Å². The van der Waals surface area contributed by atoms with E-state index in [1.807, 2.05) is 48.5 Å². The zero-order valence-corrected chi connectivity index (χ0v) is 15.8. The lowest BCUT2D eigenvalue weighted by Gasteiger charge is -2.09. The Balaban J connectivity index is 1.31. The molecule has 1 aliphatic rings. The summed E-state index contributed by atoms with van der Waals surface area (Å²) in [5.41, 5.74) is 2.34. The molecule has 3 aromatic rings. The number of rotatable bonds is 7. The second kappa shape index (κ2) is 8.27. The van der Waals surface area contributed by atoms with E-state index >= 15 is 0 Å². The van der Waals surface area contributed by atoms with Crippen LogP contribution in [0.25, 0.3) is 0 Å². The number of ether oxygens (including phenoxy) is 1. The Morgan fingerprint density at radius 3 is 2.36 bits per heavy atom. The standard InChI is InChI=1S/C21H19ClN4O2/c22-16-3-1-14(2-4-16)13-28-19-9-7-18(8-10-19)26-21-23-11-15(12-24-21)20(27)25-17-5-6-17/h1-4,7-12,17H,5-6,13H2,(H,25,27)(H,23,24,26). The number of carbonyl (C=O) groups excluding carboxylic acids is 1. The minimum absolute atomic E-state index is 0.128. The Morgan fingerprint density at radius 2 is 1.71 bits per heavy atom. The number of benzene rings is 2. The van der Waals surface area contributed by atoms with Crippen LogP contribution in [0.1, 0.15) is 28.8 Å². The van der Waals surface area contributed by atoms with Gasteiger partial charge in [0.15, 0.2) is 0 Å². The lowest BCUT2D eigenvalue weighted by Crippen LogP contribution is -2.25. The van der Waals surface area contributed by atoms with Crippen molar-refractivity contribution in [3.8, 4) is 5.75 Å². The Hall–Kier alpha value is -3.12. The van der Waals surface area contributed by atoms with E-state index in [4.69, 9.17) is 16.3 Å². The maximum atomic E-state index is 12.0. The summed E-state index contributed by atoms with van der Waals surface area (Å²) < 4.78 is 5.77. The number of hydrogen-bond donors (Lipinski definition) is 2. The first-order valence-electron chi connectivity index (χ1n) is 9.03. The molecule has 1 amide bonds. The first-order chi connectivity index (χ1) is 13.7. The Kier molecular flexibility index (Phi) is 5.39. The number of aromatic nitrogens is 2. The van der Waals surface area contributed by atoms with E-state index in [1.165, 1.54) is 12.4 Å². The van der Waals surface area contributed by atoms with Gasteiger partial charge in [-0.1, -0.05) is 23.7 Å². The van der Waals surface area contributed by atoms with Gasteiger partial charge in [0.05, 0.1) is 5.56 Å². The van der Waals surface area contributed by atoms with Crippen molar-refractivity contribution >= 4 is 29.1 Å². The molecule has 0 spiro atoms. The minimum atomic E-state index is -0.128. The Morgan fingerprint density at radius 1 is 1.04 bits per heavy atom. The molecule has 1 heterocycles. The molecule has 1 aromatic heterocycles. The van der Waals surface area contributed by atoms with Crippen LogP contribution in [0.4, 0.5) is 11.6 Å². The van der Waals surface area contributed by atoms with E-state index in [1.54, 1.807) is 0 Å². The molecule has 1 saturated carbocycles. The number of amides is 1. The molecule has 4 rings (SSSR count). The normalized spacial score (nSPS) is 13.0. The SMILES string of the molecule is O=C(NC1CC1)c1cnc(Nc2ccc(OCc3ccc(Cl)cc3)cc2)nc1. The van der Waals surface area contributed by atoms with Crippen LogP contribution in [0, 0.1) is 0 Å². The molecular weight excluding hydrogens is 376 g/mol. The molecule has 0 unspecified atom stereocenters. The molecule has 2 N–H and O–H groups in total. The van der Waals surface area contributed by atoms with Gasteiger partial charge in [-0.05, 0) is 54.8 Å². The molecule has 142 valence electrons. The second-order valence-electron chi connectivity index (χ2n) is 6.61. The second-order valence-corrected chi connectivity index (χ2v) is 7.04. The fourth-order valence-electron chi connectivity index (χ4n) is 2.52. The number of nitrogens with one attached hydrogen (secondary N) is 2. The highest BCUT2D eigenvalue weighted by Gasteiger charge is 2.24. The van der Waals surface area contributed by atoms with Crippen LogP contribution in [0.2, 0.25) is 5.02 Å². The van der Waals surface area contributed by atoms with Crippen LogP contribution in [0.3, 0.4) is 0 Å². The average Bonchev–Trinajstić information content (AvgIpc) is 3.53. The van der Waals surface area contributed by atoms with Crippen molar-refractivity contribution in [1.82, 2.24) is 15.3 Å². The topological polar surface area (TPSA) is 76.1 Å². The van der Waals surface area contributed by atoms with Crippen molar-refractivity contribution in [2.24, 2.45) is 0 Å². The summed E-state index contributed by atoms with van der Waals surface area (Å²) in [4.78, 5) is 20.4. The van der Waals surface area contributed by atoms with Crippen molar-refractivity contribution < 1.29 is 9.53 Å². The maximum absolute atomic E-state index is 12.0. The summed E-state index contributed by atoms with van der Waals surface area (Å²) in [7, 11) is 0. The van der Waals surface area contributed by atoms with Crippen LogP contribution in [-0.2, 0) is 6.61 Å². The molecule has 7 heteroatoms. The van der Waals surface area contributed by atoms with Gasteiger partial charge in [0.25, 0.3) is 5.91 Å². The van der Waals surface area contributed by atoms with Crippen LogP contribution >= 0.6 is 11.6 Å². The third-order valence-electron chi connectivity index (χ3n) is 4.26. The summed E-state index contributed by atoms with van der Waals surface area (Å²) in [5, 5.41) is 6.72. The molecule has 0 saturated heterocycles. The van der Waals surface area contributed by atoms with Gasteiger partial charge >= 0.3 is 0 Å². The van der Waals surface area contributed by atoms with Gasteiger partial charge in [-0.25, -0.2) is 9.97 Å². The van der Waals surface area contributed by atoms with Gasteiger partial charge in [0.1, 0.15) is 12.4 Å².